The molecule has 0 bridgehead atoms. The Hall–Kier alpha value is -1.13. The van der Waals surface area contributed by atoms with Crippen molar-refractivity contribution in [3.8, 4) is 0 Å². The van der Waals surface area contributed by atoms with Gasteiger partial charge in [0.05, 0.1) is 5.56 Å². The van der Waals surface area contributed by atoms with Gasteiger partial charge in [0.2, 0.25) is 0 Å². The standard InChI is InChI=1S/C12H16FNO2.ClH/c1-12(2,3)10(14)8-6-7(11(15)16)4-5-9(8)13;/h4-6,10H,14H2,1-3H3,(H,15,16);1H/t10-;/m1./s1. The number of hydrogen-bond acceptors (Lipinski definition) is 2. The topological polar surface area (TPSA) is 63.3 Å². The zero-order chi connectivity index (χ0) is 12.5. The molecule has 1 aromatic carbocycles. The Labute approximate surface area is 106 Å². The number of hydrogen-bond donors (Lipinski definition) is 2. The van der Waals surface area contributed by atoms with E-state index in [1.165, 1.54) is 12.1 Å². The summed E-state index contributed by atoms with van der Waals surface area (Å²) in [5.74, 6) is -1.55. The van der Waals surface area contributed by atoms with Gasteiger partial charge in [0.25, 0.3) is 0 Å². The number of carbonyl (C=O) groups is 1. The van der Waals surface area contributed by atoms with Gasteiger partial charge in [-0.2, -0.15) is 0 Å². The van der Waals surface area contributed by atoms with E-state index in [0.717, 1.165) is 6.07 Å². The monoisotopic (exact) mass is 261 g/mol. The van der Waals surface area contributed by atoms with Crippen molar-refractivity contribution < 1.29 is 14.3 Å². The maximum Gasteiger partial charge on any atom is 0.335 e. The lowest BCUT2D eigenvalue weighted by Crippen LogP contribution is -2.27. The quantitative estimate of drug-likeness (QED) is 0.860. The minimum absolute atomic E-state index is 0. The summed E-state index contributed by atoms with van der Waals surface area (Å²) >= 11 is 0. The fourth-order valence-electron chi connectivity index (χ4n) is 1.38. The maximum atomic E-state index is 13.5. The van der Waals surface area contributed by atoms with E-state index in [1.54, 1.807) is 0 Å². The molecule has 0 fully saturated rings. The molecule has 0 saturated carbocycles. The van der Waals surface area contributed by atoms with E-state index in [2.05, 4.69) is 0 Å². The van der Waals surface area contributed by atoms with Gasteiger partial charge in [-0.15, -0.1) is 12.4 Å². The molecule has 0 heterocycles. The molecule has 0 amide bonds. The van der Waals surface area contributed by atoms with Crippen molar-refractivity contribution in [1.29, 1.82) is 0 Å². The Kier molecular flexibility index (Phi) is 5.11. The molecule has 0 aliphatic rings. The molecule has 0 saturated heterocycles. The summed E-state index contributed by atoms with van der Waals surface area (Å²) in [5.41, 5.74) is 5.88. The fraction of sp³-hybridized carbons (Fsp3) is 0.417. The van der Waals surface area contributed by atoms with Crippen molar-refractivity contribution >= 4 is 18.4 Å². The van der Waals surface area contributed by atoms with Crippen LogP contribution in [0.3, 0.4) is 0 Å². The number of halogens is 2. The predicted octanol–water partition coefficient (Wildman–Crippen LogP) is 2.99. The largest absolute Gasteiger partial charge is 0.478 e. The smallest absolute Gasteiger partial charge is 0.335 e. The van der Waals surface area contributed by atoms with Crippen molar-refractivity contribution in [3.63, 3.8) is 0 Å². The molecule has 3 nitrogen and oxygen atoms in total. The molecule has 1 atom stereocenters. The van der Waals surface area contributed by atoms with Gasteiger partial charge in [0, 0.05) is 11.6 Å². The average Bonchev–Trinajstić information content (AvgIpc) is 2.15. The van der Waals surface area contributed by atoms with Gasteiger partial charge >= 0.3 is 5.97 Å². The SMILES string of the molecule is CC(C)(C)[C@H](N)c1cc(C(=O)O)ccc1F.Cl. The van der Waals surface area contributed by atoms with Crippen LogP contribution in [-0.2, 0) is 0 Å². The molecule has 3 N–H and O–H groups in total. The van der Waals surface area contributed by atoms with E-state index in [9.17, 15) is 9.18 Å². The predicted molar refractivity (Wildman–Crippen MR) is 67.0 cm³/mol. The van der Waals surface area contributed by atoms with Crippen LogP contribution in [0.2, 0.25) is 0 Å². The average molecular weight is 262 g/mol. The van der Waals surface area contributed by atoms with Crippen molar-refractivity contribution in [2.24, 2.45) is 11.1 Å². The molecule has 0 spiro atoms. The van der Waals surface area contributed by atoms with Gasteiger partial charge in [0.1, 0.15) is 5.82 Å². The number of rotatable bonds is 2. The summed E-state index contributed by atoms with van der Waals surface area (Å²) in [6.45, 7) is 5.64. The lowest BCUT2D eigenvalue weighted by Gasteiger charge is -2.27. The third kappa shape index (κ3) is 3.68. The molecule has 5 heteroatoms. The van der Waals surface area contributed by atoms with E-state index in [1.807, 2.05) is 20.8 Å². The van der Waals surface area contributed by atoms with Crippen LogP contribution in [-0.4, -0.2) is 11.1 Å². The Morgan fingerprint density at radius 2 is 1.94 bits per heavy atom. The van der Waals surface area contributed by atoms with Gasteiger partial charge in [-0.1, -0.05) is 20.8 Å². The summed E-state index contributed by atoms with van der Waals surface area (Å²) in [6, 6.07) is 3.14. The first-order valence-corrected chi connectivity index (χ1v) is 5.02. The molecule has 0 radical (unpaired) electrons. The van der Waals surface area contributed by atoms with Gasteiger partial charge < -0.3 is 10.8 Å². The first kappa shape index (κ1) is 15.9. The van der Waals surface area contributed by atoms with Crippen LogP contribution >= 0.6 is 12.4 Å². The van der Waals surface area contributed by atoms with Gasteiger partial charge in [-0.3, -0.25) is 0 Å². The number of carboxylic acid groups (broad SMARTS) is 1. The van der Waals surface area contributed by atoms with E-state index >= 15 is 0 Å². The molecule has 96 valence electrons. The summed E-state index contributed by atoms with van der Waals surface area (Å²) in [5, 5.41) is 8.82. The van der Waals surface area contributed by atoms with E-state index in [-0.39, 0.29) is 28.9 Å². The highest BCUT2D eigenvalue weighted by Gasteiger charge is 2.25. The van der Waals surface area contributed by atoms with Crippen LogP contribution < -0.4 is 5.73 Å². The van der Waals surface area contributed by atoms with E-state index < -0.39 is 17.8 Å². The molecular weight excluding hydrogens is 245 g/mol. The third-order valence-corrected chi connectivity index (χ3v) is 2.51. The Balaban J connectivity index is 0.00000256. The Morgan fingerprint density at radius 1 is 1.41 bits per heavy atom. The van der Waals surface area contributed by atoms with E-state index in [4.69, 9.17) is 10.8 Å². The first-order valence-electron chi connectivity index (χ1n) is 5.02. The normalized spacial score (nSPS) is 12.8. The number of benzene rings is 1. The molecule has 0 unspecified atom stereocenters. The van der Waals surface area contributed by atoms with Gasteiger partial charge in [-0.05, 0) is 23.6 Å². The number of aromatic carboxylic acids is 1. The van der Waals surface area contributed by atoms with Crippen LogP contribution in [0.15, 0.2) is 18.2 Å². The summed E-state index contributed by atoms with van der Waals surface area (Å²) in [4.78, 5) is 10.8. The lowest BCUT2D eigenvalue weighted by atomic mass is 9.82. The molecule has 0 aliphatic heterocycles. The van der Waals surface area contributed by atoms with Gasteiger partial charge in [-0.25, -0.2) is 9.18 Å². The van der Waals surface area contributed by atoms with Gasteiger partial charge in [0.15, 0.2) is 0 Å². The number of nitrogens with two attached hydrogens (primary N) is 1. The van der Waals surface area contributed by atoms with Crippen molar-refractivity contribution in [2.45, 2.75) is 26.8 Å². The second kappa shape index (κ2) is 5.47. The highest BCUT2D eigenvalue weighted by Crippen LogP contribution is 2.32. The van der Waals surface area contributed by atoms with E-state index in [0.29, 0.717) is 0 Å². The minimum Gasteiger partial charge on any atom is -0.478 e. The molecular formula is C12H17ClFNO2. The molecule has 1 aromatic rings. The zero-order valence-electron chi connectivity index (χ0n) is 10.0. The number of carboxylic acids is 1. The zero-order valence-corrected chi connectivity index (χ0v) is 10.8. The molecule has 0 aliphatic carbocycles. The second-order valence-corrected chi connectivity index (χ2v) is 4.89. The fourth-order valence-corrected chi connectivity index (χ4v) is 1.38. The summed E-state index contributed by atoms with van der Waals surface area (Å²) in [6.07, 6.45) is 0. The third-order valence-electron chi connectivity index (χ3n) is 2.51. The summed E-state index contributed by atoms with van der Waals surface area (Å²) < 4.78 is 13.5. The first-order chi connectivity index (χ1) is 7.23. The van der Waals surface area contributed by atoms with Crippen LogP contribution in [0.5, 0.6) is 0 Å². The van der Waals surface area contributed by atoms with Crippen LogP contribution in [0, 0.1) is 11.2 Å². The molecule has 17 heavy (non-hydrogen) atoms. The van der Waals surface area contributed by atoms with Crippen LogP contribution in [0.25, 0.3) is 0 Å². The van der Waals surface area contributed by atoms with Crippen LogP contribution in [0.4, 0.5) is 4.39 Å². The Morgan fingerprint density at radius 3 is 2.35 bits per heavy atom. The highest BCUT2D eigenvalue weighted by molar-refractivity contribution is 5.87. The Bertz CT molecular complexity index is 415. The lowest BCUT2D eigenvalue weighted by molar-refractivity contribution is 0.0696. The minimum atomic E-state index is -1.08. The second-order valence-electron chi connectivity index (χ2n) is 4.89. The molecule has 1 rings (SSSR count). The highest BCUT2D eigenvalue weighted by atomic mass is 35.5. The van der Waals surface area contributed by atoms with Crippen molar-refractivity contribution in [2.75, 3.05) is 0 Å². The van der Waals surface area contributed by atoms with Crippen LogP contribution in [0.1, 0.15) is 42.7 Å². The van der Waals surface area contributed by atoms with Crippen molar-refractivity contribution in [3.05, 3.63) is 35.1 Å². The molecule has 0 aromatic heterocycles. The van der Waals surface area contributed by atoms with Crippen molar-refractivity contribution in [1.82, 2.24) is 0 Å². The maximum absolute atomic E-state index is 13.5. The summed E-state index contributed by atoms with van der Waals surface area (Å²) in [7, 11) is 0.